The van der Waals surface area contributed by atoms with Crippen LogP contribution in [0.3, 0.4) is 0 Å². The zero-order valence-corrected chi connectivity index (χ0v) is 26.1. The molecule has 0 spiro atoms. The van der Waals surface area contributed by atoms with Gasteiger partial charge in [0.15, 0.2) is 5.13 Å². The number of benzene rings is 1. The Labute approximate surface area is 266 Å². The van der Waals surface area contributed by atoms with Gasteiger partial charge in [0.1, 0.15) is 5.82 Å². The van der Waals surface area contributed by atoms with Gasteiger partial charge in [-0.25, -0.2) is 9.97 Å². The van der Waals surface area contributed by atoms with E-state index in [0.29, 0.717) is 50.5 Å². The van der Waals surface area contributed by atoms with E-state index >= 15 is 0 Å². The molecule has 10 nitrogen and oxygen atoms in total. The maximum atomic E-state index is 12.5. The van der Waals surface area contributed by atoms with E-state index in [4.69, 9.17) is 21.3 Å². The molecular formula is C32H36ClN7O3S. The predicted molar refractivity (Wildman–Crippen MR) is 170 cm³/mol. The summed E-state index contributed by atoms with van der Waals surface area (Å²) in [6.07, 6.45) is 5.94. The van der Waals surface area contributed by atoms with Crippen LogP contribution in [0.1, 0.15) is 55.6 Å². The Morgan fingerprint density at radius 3 is 2.75 bits per heavy atom. The molecule has 12 heteroatoms. The number of amides is 2. The minimum atomic E-state index is -0.429. The Bertz CT molecular complexity index is 1540. The molecule has 3 aromatic rings. The number of carbonyl (C=O) groups is 2. The minimum Gasteiger partial charge on any atom is -0.381 e. The quantitative estimate of drug-likeness (QED) is 0.272. The number of hydrogen-bond acceptors (Lipinski definition) is 10. The van der Waals surface area contributed by atoms with E-state index in [1.807, 2.05) is 29.6 Å². The average Bonchev–Trinajstić information content (AvgIpc) is 3.52. The molecule has 3 saturated heterocycles. The summed E-state index contributed by atoms with van der Waals surface area (Å²) in [6.45, 7) is 4.36. The van der Waals surface area contributed by atoms with E-state index in [-0.39, 0.29) is 23.8 Å². The summed E-state index contributed by atoms with van der Waals surface area (Å²) < 4.78 is 5.44. The lowest BCUT2D eigenvalue weighted by Crippen LogP contribution is -2.41. The van der Waals surface area contributed by atoms with Crippen molar-refractivity contribution >= 4 is 45.7 Å². The van der Waals surface area contributed by atoms with Crippen LogP contribution in [0.15, 0.2) is 41.9 Å². The number of halogens is 1. The fourth-order valence-electron chi connectivity index (χ4n) is 6.22. The molecule has 0 aliphatic carbocycles. The summed E-state index contributed by atoms with van der Waals surface area (Å²) in [6, 6.07) is 12.8. The van der Waals surface area contributed by atoms with Gasteiger partial charge in [0.05, 0.1) is 28.1 Å². The molecule has 3 N–H and O–H groups in total. The van der Waals surface area contributed by atoms with Gasteiger partial charge in [0.2, 0.25) is 11.8 Å². The Balaban J connectivity index is 1.04. The number of nitrogens with one attached hydrogen (secondary N) is 3. The number of piperidine rings is 2. The lowest BCUT2D eigenvalue weighted by Gasteiger charge is -2.33. The second-order valence-corrected chi connectivity index (χ2v) is 13.1. The summed E-state index contributed by atoms with van der Waals surface area (Å²) in [4.78, 5) is 35.9. The van der Waals surface area contributed by atoms with Gasteiger partial charge in [-0.15, -0.1) is 11.3 Å². The van der Waals surface area contributed by atoms with E-state index in [9.17, 15) is 14.9 Å². The first kappa shape index (κ1) is 30.5. The number of pyridine rings is 1. The third-order valence-electron chi connectivity index (χ3n) is 8.90. The Morgan fingerprint density at radius 2 is 1.98 bits per heavy atom. The summed E-state index contributed by atoms with van der Waals surface area (Å²) in [5, 5.41) is 22.5. The predicted octanol–water partition coefficient (Wildman–Crippen LogP) is 5.19. The van der Waals surface area contributed by atoms with E-state index in [1.165, 1.54) is 11.3 Å². The highest BCUT2D eigenvalue weighted by atomic mass is 35.5. The fraction of sp³-hybridized carbons (Fsp3) is 0.469. The molecule has 0 bridgehead atoms. The lowest BCUT2D eigenvalue weighted by molar-refractivity contribution is -0.134. The Hall–Kier alpha value is -3.56. The summed E-state index contributed by atoms with van der Waals surface area (Å²) in [7, 11) is 0. The minimum absolute atomic E-state index is 0.190. The molecule has 2 amide bonds. The Kier molecular flexibility index (Phi) is 9.42. The van der Waals surface area contributed by atoms with Gasteiger partial charge in [-0.1, -0.05) is 35.9 Å². The molecule has 6 rings (SSSR count). The second kappa shape index (κ2) is 13.6. The van der Waals surface area contributed by atoms with Crippen molar-refractivity contribution in [2.24, 2.45) is 5.41 Å². The van der Waals surface area contributed by atoms with Crippen LogP contribution in [0, 0.1) is 16.7 Å². The molecule has 0 radical (unpaired) electrons. The number of anilines is 2. The van der Waals surface area contributed by atoms with Gasteiger partial charge < -0.3 is 15.4 Å². The van der Waals surface area contributed by atoms with Crippen molar-refractivity contribution in [3.8, 4) is 17.3 Å². The third kappa shape index (κ3) is 7.05. The molecule has 1 atom stereocenters. The number of thiazole rings is 1. The maximum Gasteiger partial charge on any atom is 0.234 e. The van der Waals surface area contributed by atoms with Crippen LogP contribution in [-0.2, 0) is 20.9 Å². The highest BCUT2D eigenvalue weighted by Gasteiger charge is 2.33. The average molecular weight is 634 g/mol. The van der Waals surface area contributed by atoms with Crippen molar-refractivity contribution in [1.82, 2.24) is 20.2 Å². The van der Waals surface area contributed by atoms with E-state index in [0.717, 1.165) is 65.8 Å². The first-order valence-electron chi connectivity index (χ1n) is 15.2. The molecule has 0 saturated carbocycles. The first-order valence-corrected chi connectivity index (χ1v) is 16.4. The van der Waals surface area contributed by atoms with Crippen molar-refractivity contribution in [3.05, 3.63) is 58.1 Å². The smallest absolute Gasteiger partial charge is 0.234 e. The normalized spacial score (nSPS) is 21.0. The number of nitrogens with zero attached hydrogens (tertiary/aromatic N) is 4. The highest BCUT2D eigenvalue weighted by Crippen LogP contribution is 2.35. The SMILES string of the molecule is N#CC1(CNc2nc(-c3cc(NC4CCN(Cc5ccccc5C5CCC(=O)NC5=O)CC4)ncc3Cl)cs2)CCOCC1. The lowest BCUT2D eigenvalue weighted by atomic mass is 9.82. The molecule has 2 aromatic heterocycles. The molecule has 5 heterocycles. The molecule has 3 fully saturated rings. The van der Waals surface area contributed by atoms with Crippen LogP contribution in [-0.4, -0.2) is 65.6 Å². The van der Waals surface area contributed by atoms with E-state index in [1.54, 1.807) is 6.20 Å². The topological polar surface area (TPSA) is 132 Å². The van der Waals surface area contributed by atoms with E-state index in [2.05, 4.69) is 38.0 Å². The first-order chi connectivity index (χ1) is 21.4. The highest BCUT2D eigenvalue weighted by molar-refractivity contribution is 7.14. The van der Waals surface area contributed by atoms with Crippen molar-refractivity contribution in [3.63, 3.8) is 0 Å². The number of carbonyl (C=O) groups excluding carboxylic acids is 2. The van der Waals surface area contributed by atoms with Crippen LogP contribution < -0.4 is 16.0 Å². The van der Waals surface area contributed by atoms with Gasteiger partial charge in [-0.3, -0.25) is 19.8 Å². The second-order valence-electron chi connectivity index (χ2n) is 11.8. The fourth-order valence-corrected chi connectivity index (χ4v) is 7.13. The molecule has 230 valence electrons. The van der Waals surface area contributed by atoms with Gasteiger partial charge in [0, 0.05) is 69.0 Å². The molecular weight excluding hydrogens is 598 g/mol. The van der Waals surface area contributed by atoms with Crippen molar-refractivity contribution in [2.75, 3.05) is 43.5 Å². The monoisotopic (exact) mass is 633 g/mol. The number of aromatic nitrogens is 2. The molecule has 1 aromatic carbocycles. The van der Waals surface area contributed by atoms with Crippen molar-refractivity contribution in [1.29, 1.82) is 5.26 Å². The van der Waals surface area contributed by atoms with Crippen LogP contribution in [0.25, 0.3) is 11.3 Å². The van der Waals surface area contributed by atoms with Crippen LogP contribution >= 0.6 is 22.9 Å². The van der Waals surface area contributed by atoms with Gasteiger partial charge in [-0.05, 0) is 49.3 Å². The maximum absolute atomic E-state index is 12.5. The number of hydrogen-bond donors (Lipinski definition) is 3. The zero-order valence-electron chi connectivity index (χ0n) is 24.5. The molecule has 44 heavy (non-hydrogen) atoms. The number of rotatable bonds is 9. The Morgan fingerprint density at radius 1 is 1.18 bits per heavy atom. The molecule has 1 unspecified atom stereocenters. The van der Waals surface area contributed by atoms with Gasteiger partial charge >= 0.3 is 0 Å². The van der Waals surface area contributed by atoms with Gasteiger partial charge in [-0.2, -0.15) is 5.26 Å². The molecule has 3 aliphatic rings. The van der Waals surface area contributed by atoms with Crippen molar-refractivity contribution in [2.45, 2.75) is 57.0 Å². The standard InChI is InChI=1S/C32H36ClN7O3S/c33-26-16-35-28(15-25(26)27-18-44-31(38-27)36-20-32(19-34)9-13-43-14-10-32)37-22-7-11-40(12-8-22)17-21-3-1-2-4-23(21)24-5-6-29(41)39-30(24)42/h1-4,15-16,18,22,24H,5-14,17,20H2,(H,35,37)(H,36,38)(H,39,41,42). The summed E-state index contributed by atoms with van der Waals surface area (Å²) in [5.41, 5.74) is 3.32. The van der Waals surface area contributed by atoms with Crippen LogP contribution in [0.5, 0.6) is 0 Å². The molecule has 3 aliphatic heterocycles. The van der Waals surface area contributed by atoms with Gasteiger partial charge in [0.25, 0.3) is 0 Å². The van der Waals surface area contributed by atoms with Crippen LogP contribution in [0.2, 0.25) is 5.02 Å². The number of ether oxygens (including phenoxy) is 1. The zero-order chi connectivity index (χ0) is 30.5. The number of nitriles is 1. The van der Waals surface area contributed by atoms with E-state index < -0.39 is 5.41 Å². The number of imide groups is 1. The van der Waals surface area contributed by atoms with Crippen molar-refractivity contribution < 1.29 is 14.3 Å². The largest absolute Gasteiger partial charge is 0.381 e. The number of likely N-dealkylation sites (tertiary alicyclic amines) is 1. The van der Waals surface area contributed by atoms with Crippen LogP contribution in [0.4, 0.5) is 10.9 Å². The summed E-state index contributed by atoms with van der Waals surface area (Å²) in [5.74, 6) is 0.0988. The third-order valence-corrected chi connectivity index (χ3v) is 10.0. The summed E-state index contributed by atoms with van der Waals surface area (Å²) >= 11 is 8.05.